The van der Waals surface area contributed by atoms with Crippen LogP contribution in [-0.4, -0.2) is 10.9 Å². The maximum Gasteiger partial charge on any atom is 0.257 e. The molecule has 1 amide bonds. The third-order valence-electron chi connectivity index (χ3n) is 3.92. The van der Waals surface area contributed by atoms with E-state index in [1.807, 2.05) is 53.9 Å². The number of anilines is 2. The highest BCUT2D eigenvalue weighted by Crippen LogP contribution is 2.27. The van der Waals surface area contributed by atoms with Gasteiger partial charge in [0.1, 0.15) is 0 Å². The van der Waals surface area contributed by atoms with Gasteiger partial charge in [0.05, 0.1) is 5.69 Å². The minimum atomic E-state index is -0.158. The van der Waals surface area contributed by atoms with Crippen molar-refractivity contribution < 1.29 is 4.79 Å². The molecule has 0 unspecified atom stereocenters. The first-order chi connectivity index (χ1) is 11.8. The van der Waals surface area contributed by atoms with Crippen molar-refractivity contribution in [1.82, 2.24) is 4.98 Å². The first-order valence-electron chi connectivity index (χ1n) is 8.06. The van der Waals surface area contributed by atoms with Crippen LogP contribution in [0.15, 0.2) is 53.9 Å². The predicted molar refractivity (Wildman–Crippen MR) is 105 cm³/mol. The minimum absolute atomic E-state index is 0.0662. The number of nitrogens with zero attached hydrogens (tertiary/aromatic N) is 1. The van der Waals surface area contributed by atoms with Crippen molar-refractivity contribution in [1.29, 1.82) is 0 Å². The second-order valence-electron chi connectivity index (χ2n) is 6.94. The van der Waals surface area contributed by atoms with Crippen molar-refractivity contribution in [3.05, 3.63) is 65.0 Å². The number of hydrogen-bond donors (Lipinski definition) is 2. The van der Waals surface area contributed by atoms with E-state index in [9.17, 15) is 4.79 Å². The summed E-state index contributed by atoms with van der Waals surface area (Å²) in [7, 11) is 0. The second kappa shape index (κ2) is 6.69. The van der Waals surface area contributed by atoms with Gasteiger partial charge in [0, 0.05) is 22.2 Å². The molecule has 3 rings (SSSR count). The largest absolute Gasteiger partial charge is 0.399 e. The molecule has 1 aromatic heterocycles. The Balaban J connectivity index is 1.73. The Morgan fingerprint density at radius 1 is 1.12 bits per heavy atom. The van der Waals surface area contributed by atoms with E-state index in [-0.39, 0.29) is 11.3 Å². The first-order valence-corrected chi connectivity index (χ1v) is 8.94. The summed E-state index contributed by atoms with van der Waals surface area (Å²) < 4.78 is 0. The smallest absolute Gasteiger partial charge is 0.257 e. The Morgan fingerprint density at radius 2 is 1.84 bits per heavy atom. The molecule has 0 aliphatic carbocycles. The molecule has 0 spiro atoms. The molecule has 3 aromatic rings. The van der Waals surface area contributed by atoms with Crippen molar-refractivity contribution >= 4 is 28.1 Å². The maximum absolute atomic E-state index is 12.4. The summed E-state index contributed by atoms with van der Waals surface area (Å²) in [5.41, 5.74) is 10.1. The quantitative estimate of drug-likeness (QED) is 0.657. The topological polar surface area (TPSA) is 68.0 Å². The standard InChI is InChI=1S/C20H21N3OS/c1-20(2,3)15-9-7-13(8-10-15)18(24)23-19-22-17(12-25-19)14-5-4-6-16(21)11-14/h4-12H,21H2,1-3H3,(H,22,23,24). The molecule has 0 aliphatic rings. The Hall–Kier alpha value is -2.66. The summed E-state index contributed by atoms with van der Waals surface area (Å²) >= 11 is 1.40. The summed E-state index contributed by atoms with van der Waals surface area (Å²) in [5, 5.41) is 5.34. The number of thiazole rings is 1. The fourth-order valence-electron chi connectivity index (χ4n) is 2.45. The van der Waals surface area contributed by atoms with Crippen molar-refractivity contribution in [3.63, 3.8) is 0 Å². The van der Waals surface area contributed by atoms with Gasteiger partial charge in [-0.1, -0.05) is 45.0 Å². The number of nitrogen functional groups attached to an aromatic ring is 1. The van der Waals surface area contributed by atoms with Gasteiger partial charge in [0.2, 0.25) is 0 Å². The Bertz CT molecular complexity index is 892. The van der Waals surface area contributed by atoms with Crippen LogP contribution in [0.4, 0.5) is 10.8 Å². The van der Waals surface area contributed by atoms with Gasteiger partial charge < -0.3 is 5.73 Å². The molecule has 0 radical (unpaired) electrons. The summed E-state index contributed by atoms with van der Waals surface area (Å²) in [5.74, 6) is -0.158. The van der Waals surface area contributed by atoms with E-state index < -0.39 is 0 Å². The normalized spacial score (nSPS) is 11.3. The van der Waals surface area contributed by atoms with Crippen molar-refractivity contribution in [2.45, 2.75) is 26.2 Å². The Labute approximate surface area is 151 Å². The highest BCUT2D eigenvalue weighted by atomic mass is 32.1. The zero-order valence-electron chi connectivity index (χ0n) is 14.5. The first kappa shape index (κ1) is 17.2. The lowest BCUT2D eigenvalue weighted by molar-refractivity contribution is 0.102. The summed E-state index contributed by atoms with van der Waals surface area (Å²) in [6.45, 7) is 6.44. The lowest BCUT2D eigenvalue weighted by Crippen LogP contribution is -2.14. The van der Waals surface area contributed by atoms with Gasteiger partial charge in [0.15, 0.2) is 5.13 Å². The SMILES string of the molecule is CC(C)(C)c1ccc(C(=O)Nc2nc(-c3cccc(N)c3)cs2)cc1. The zero-order chi connectivity index (χ0) is 18.0. The van der Waals surface area contributed by atoms with Crippen LogP contribution in [0.2, 0.25) is 0 Å². The van der Waals surface area contributed by atoms with Crippen molar-refractivity contribution in [2.75, 3.05) is 11.1 Å². The average molecular weight is 351 g/mol. The van der Waals surface area contributed by atoms with Crippen LogP contribution < -0.4 is 11.1 Å². The van der Waals surface area contributed by atoms with Crippen molar-refractivity contribution in [2.24, 2.45) is 0 Å². The number of nitrogens with two attached hydrogens (primary N) is 1. The van der Waals surface area contributed by atoms with Crippen LogP contribution in [0.1, 0.15) is 36.7 Å². The van der Waals surface area contributed by atoms with E-state index in [4.69, 9.17) is 5.73 Å². The number of amides is 1. The third kappa shape index (κ3) is 4.06. The molecule has 0 atom stereocenters. The molecule has 2 aromatic carbocycles. The molecule has 0 fully saturated rings. The number of carbonyl (C=O) groups is 1. The fourth-order valence-corrected chi connectivity index (χ4v) is 3.17. The highest BCUT2D eigenvalue weighted by Gasteiger charge is 2.15. The Morgan fingerprint density at radius 3 is 2.48 bits per heavy atom. The van der Waals surface area contributed by atoms with E-state index in [1.54, 1.807) is 0 Å². The maximum atomic E-state index is 12.4. The van der Waals surface area contributed by atoms with Gasteiger partial charge in [-0.05, 0) is 35.2 Å². The molecule has 5 heteroatoms. The van der Waals surface area contributed by atoms with E-state index >= 15 is 0 Å². The van der Waals surface area contributed by atoms with Gasteiger partial charge in [-0.15, -0.1) is 11.3 Å². The van der Waals surface area contributed by atoms with Crippen LogP contribution in [0.3, 0.4) is 0 Å². The van der Waals surface area contributed by atoms with Crippen LogP contribution in [0.5, 0.6) is 0 Å². The molecule has 0 saturated heterocycles. The number of nitrogens with one attached hydrogen (secondary N) is 1. The average Bonchev–Trinajstić information content (AvgIpc) is 3.03. The molecule has 4 nitrogen and oxygen atoms in total. The van der Waals surface area contributed by atoms with Crippen LogP contribution >= 0.6 is 11.3 Å². The molecule has 0 bridgehead atoms. The van der Waals surface area contributed by atoms with Gasteiger partial charge in [-0.25, -0.2) is 4.98 Å². The van der Waals surface area contributed by atoms with Gasteiger partial charge >= 0.3 is 0 Å². The molecular weight excluding hydrogens is 330 g/mol. The molecule has 128 valence electrons. The van der Waals surface area contributed by atoms with E-state index in [0.29, 0.717) is 16.4 Å². The zero-order valence-corrected chi connectivity index (χ0v) is 15.4. The fraction of sp³-hybridized carbons (Fsp3) is 0.200. The summed E-state index contributed by atoms with van der Waals surface area (Å²) in [6, 6.07) is 15.2. The number of aromatic nitrogens is 1. The number of benzene rings is 2. The molecule has 1 heterocycles. The number of hydrogen-bond acceptors (Lipinski definition) is 4. The van der Waals surface area contributed by atoms with Crippen LogP contribution in [0, 0.1) is 0 Å². The van der Waals surface area contributed by atoms with Crippen molar-refractivity contribution in [3.8, 4) is 11.3 Å². The lowest BCUT2D eigenvalue weighted by atomic mass is 9.87. The van der Waals surface area contributed by atoms with E-state index in [1.165, 1.54) is 16.9 Å². The van der Waals surface area contributed by atoms with Crippen LogP contribution in [-0.2, 0) is 5.41 Å². The highest BCUT2D eigenvalue weighted by molar-refractivity contribution is 7.14. The van der Waals surface area contributed by atoms with Gasteiger partial charge in [-0.2, -0.15) is 0 Å². The number of carbonyl (C=O) groups excluding carboxylic acids is 1. The van der Waals surface area contributed by atoms with Gasteiger partial charge in [0.25, 0.3) is 5.91 Å². The lowest BCUT2D eigenvalue weighted by Gasteiger charge is -2.18. The molecule has 0 saturated carbocycles. The predicted octanol–water partition coefficient (Wildman–Crippen LogP) is 4.94. The third-order valence-corrected chi connectivity index (χ3v) is 4.68. The summed E-state index contributed by atoms with van der Waals surface area (Å²) in [4.78, 5) is 16.9. The summed E-state index contributed by atoms with van der Waals surface area (Å²) in [6.07, 6.45) is 0. The second-order valence-corrected chi connectivity index (χ2v) is 7.80. The monoisotopic (exact) mass is 351 g/mol. The van der Waals surface area contributed by atoms with Crippen LogP contribution in [0.25, 0.3) is 11.3 Å². The molecule has 0 aliphatic heterocycles. The molecule has 3 N–H and O–H groups in total. The van der Waals surface area contributed by atoms with E-state index in [0.717, 1.165) is 11.3 Å². The van der Waals surface area contributed by atoms with Gasteiger partial charge in [-0.3, -0.25) is 10.1 Å². The molecular formula is C20H21N3OS. The van der Waals surface area contributed by atoms with E-state index in [2.05, 4.69) is 31.1 Å². The number of rotatable bonds is 3. The molecule has 25 heavy (non-hydrogen) atoms. The minimum Gasteiger partial charge on any atom is -0.399 e. The Kier molecular flexibility index (Phi) is 4.59.